The Hall–Kier alpha value is -1.27. The lowest BCUT2D eigenvalue weighted by molar-refractivity contribution is -0.137. The molecule has 0 saturated carbocycles. The molecule has 20 heavy (non-hydrogen) atoms. The van der Waals surface area contributed by atoms with Gasteiger partial charge in [-0.1, -0.05) is 25.5 Å². The van der Waals surface area contributed by atoms with Crippen molar-refractivity contribution in [1.82, 2.24) is 5.32 Å². The fourth-order valence-corrected chi connectivity index (χ4v) is 1.80. The molecule has 1 unspecified atom stereocenters. The number of alkyl halides is 3. The van der Waals surface area contributed by atoms with Gasteiger partial charge in [-0.05, 0) is 24.1 Å². The molecule has 3 N–H and O–H groups in total. The highest BCUT2D eigenvalue weighted by Gasteiger charge is 2.31. The molecule has 0 spiro atoms. The fraction of sp³-hybridized carbons (Fsp3) is 0.462. The van der Waals surface area contributed by atoms with Gasteiger partial charge in [-0.25, -0.2) is 0 Å². The fourth-order valence-electron chi connectivity index (χ4n) is 1.80. The summed E-state index contributed by atoms with van der Waals surface area (Å²) in [6.45, 7) is 1.72. The summed E-state index contributed by atoms with van der Waals surface area (Å²) < 4.78 is 37.9. The third-order valence-electron chi connectivity index (χ3n) is 2.71. The third-order valence-corrected chi connectivity index (χ3v) is 2.71. The Labute approximate surface area is 122 Å². The molecule has 1 aromatic carbocycles. The van der Waals surface area contributed by atoms with Gasteiger partial charge < -0.3 is 11.1 Å². The summed E-state index contributed by atoms with van der Waals surface area (Å²) in [7, 11) is 0. The minimum Gasteiger partial charge on any atom is -0.348 e. The van der Waals surface area contributed by atoms with Crippen molar-refractivity contribution in [3.8, 4) is 0 Å². The highest BCUT2D eigenvalue weighted by Crippen LogP contribution is 2.31. The zero-order valence-electron chi connectivity index (χ0n) is 11.0. The van der Waals surface area contributed by atoms with E-state index in [1.807, 2.05) is 6.92 Å². The Morgan fingerprint density at radius 1 is 1.40 bits per heavy atom. The Morgan fingerprint density at radius 2 is 2.05 bits per heavy atom. The van der Waals surface area contributed by atoms with E-state index in [-0.39, 0.29) is 24.9 Å². The van der Waals surface area contributed by atoms with E-state index in [0.717, 1.165) is 18.6 Å². The summed E-state index contributed by atoms with van der Waals surface area (Å²) in [5.74, 6) is -0.379. The number of amides is 1. The second kappa shape index (κ2) is 8.11. The molecule has 1 aromatic rings. The first-order chi connectivity index (χ1) is 8.88. The van der Waals surface area contributed by atoms with E-state index in [1.165, 1.54) is 6.07 Å². The van der Waals surface area contributed by atoms with Gasteiger partial charge in [-0.15, -0.1) is 12.4 Å². The number of nitrogens with two attached hydrogens (primary N) is 1. The number of halogens is 4. The highest BCUT2D eigenvalue weighted by atomic mass is 35.5. The first-order valence-corrected chi connectivity index (χ1v) is 6.05. The van der Waals surface area contributed by atoms with Crippen LogP contribution in [0.5, 0.6) is 0 Å². The number of carbonyl (C=O) groups is 1. The molecule has 1 amide bonds. The van der Waals surface area contributed by atoms with Crippen molar-refractivity contribution in [3.05, 3.63) is 35.4 Å². The van der Waals surface area contributed by atoms with E-state index < -0.39 is 17.8 Å². The molecule has 3 nitrogen and oxygen atoms in total. The Balaban J connectivity index is 0.00000361. The largest absolute Gasteiger partial charge is 0.416 e. The first-order valence-electron chi connectivity index (χ1n) is 6.05. The molecular weight excluding hydrogens is 293 g/mol. The SMILES string of the molecule is CCCC(NC(=O)CN)c1cccc(C(F)(F)F)c1.Cl. The molecule has 0 aromatic heterocycles. The van der Waals surface area contributed by atoms with Gasteiger partial charge in [0.05, 0.1) is 18.2 Å². The second-order valence-corrected chi connectivity index (χ2v) is 4.24. The first kappa shape index (κ1) is 18.7. The van der Waals surface area contributed by atoms with Crippen LogP contribution in [0.25, 0.3) is 0 Å². The molecule has 1 atom stereocenters. The van der Waals surface area contributed by atoms with Gasteiger partial charge in [0.1, 0.15) is 0 Å². The number of hydrogen-bond acceptors (Lipinski definition) is 2. The lowest BCUT2D eigenvalue weighted by atomic mass is 10.00. The maximum absolute atomic E-state index is 12.6. The summed E-state index contributed by atoms with van der Waals surface area (Å²) >= 11 is 0. The van der Waals surface area contributed by atoms with Crippen LogP contribution in [0, 0.1) is 0 Å². The molecule has 0 fully saturated rings. The molecule has 0 aliphatic rings. The Morgan fingerprint density at radius 3 is 2.55 bits per heavy atom. The molecule has 0 saturated heterocycles. The summed E-state index contributed by atoms with van der Waals surface area (Å²) in [4.78, 5) is 11.3. The van der Waals surface area contributed by atoms with Crippen molar-refractivity contribution in [3.63, 3.8) is 0 Å². The average Bonchev–Trinajstić information content (AvgIpc) is 2.37. The predicted octanol–water partition coefficient (Wildman–Crippen LogP) is 3.04. The minimum atomic E-state index is -4.38. The standard InChI is InChI=1S/C13H17F3N2O.ClH/c1-2-4-11(18-12(19)8-17)9-5-3-6-10(7-9)13(14,15)16;/h3,5-7,11H,2,4,8,17H2,1H3,(H,18,19);1H. The Bertz CT molecular complexity index is 438. The van der Waals surface area contributed by atoms with Crippen molar-refractivity contribution in [2.24, 2.45) is 5.73 Å². The lowest BCUT2D eigenvalue weighted by Gasteiger charge is -2.19. The van der Waals surface area contributed by atoms with Crippen LogP contribution in [0.3, 0.4) is 0 Å². The van der Waals surface area contributed by atoms with E-state index in [2.05, 4.69) is 5.32 Å². The third kappa shape index (κ3) is 5.38. The molecule has 114 valence electrons. The number of benzene rings is 1. The number of nitrogens with one attached hydrogen (secondary N) is 1. The van der Waals surface area contributed by atoms with Crippen LogP contribution in [0.15, 0.2) is 24.3 Å². The van der Waals surface area contributed by atoms with Gasteiger partial charge in [0.25, 0.3) is 0 Å². The minimum absolute atomic E-state index is 0. The topological polar surface area (TPSA) is 55.1 Å². The second-order valence-electron chi connectivity index (χ2n) is 4.24. The van der Waals surface area contributed by atoms with E-state index in [9.17, 15) is 18.0 Å². The van der Waals surface area contributed by atoms with Crippen LogP contribution >= 0.6 is 12.4 Å². The maximum Gasteiger partial charge on any atom is 0.416 e. The molecule has 0 radical (unpaired) electrons. The average molecular weight is 311 g/mol. The van der Waals surface area contributed by atoms with Gasteiger partial charge in [0.2, 0.25) is 5.91 Å². The zero-order chi connectivity index (χ0) is 14.5. The van der Waals surface area contributed by atoms with Gasteiger partial charge in [0.15, 0.2) is 0 Å². The summed E-state index contributed by atoms with van der Waals surface area (Å²) in [6.07, 6.45) is -3.08. The summed E-state index contributed by atoms with van der Waals surface area (Å²) in [5.41, 5.74) is 4.93. The van der Waals surface area contributed by atoms with Crippen molar-refractivity contribution >= 4 is 18.3 Å². The van der Waals surface area contributed by atoms with Crippen LogP contribution in [-0.2, 0) is 11.0 Å². The predicted molar refractivity (Wildman–Crippen MR) is 73.5 cm³/mol. The normalized spacial score (nSPS) is 12.4. The number of hydrogen-bond donors (Lipinski definition) is 2. The summed E-state index contributed by atoms with van der Waals surface area (Å²) in [5, 5.41) is 2.63. The summed E-state index contributed by atoms with van der Waals surface area (Å²) in [6, 6.07) is 4.55. The van der Waals surface area contributed by atoms with Crippen LogP contribution < -0.4 is 11.1 Å². The molecule has 1 rings (SSSR count). The van der Waals surface area contributed by atoms with Gasteiger partial charge >= 0.3 is 6.18 Å². The van der Waals surface area contributed by atoms with Gasteiger partial charge in [-0.3, -0.25) is 4.79 Å². The van der Waals surface area contributed by atoms with E-state index in [4.69, 9.17) is 5.73 Å². The van der Waals surface area contributed by atoms with Crippen molar-refractivity contribution in [1.29, 1.82) is 0 Å². The monoisotopic (exact) mass is 310 g/mol. The van der Waals surface area contributed by atoms with Crippen molar-refractivity contribution in [2.45, 2.75) is 32.0 Å². The number of carbonyl (C=O) groups excluding carboxylic acids is 1. The van der Waals surface area contributed by atoms with E-state index in [1.54, 1.807) is 6.07 Å². The maximum atomic E-state index is 12.6. The lowest BCUT2D eigenvalue weighted by Crippen LogP contribution is -2.33. The van der Waals surface area contributed by atoms with Crippen molar-refractivity contribution < 1.29 is 18.0 Å². The van der Waals surface area contributed by atoms with Crippen LogP contribution in [-0.4, -0.2) is 12.5 Å². The molecular formula is C13H18ClF3N2O. The van der Waals surface area contributed by atoms with Crippen LogP contribution in [0.1, 0.15) is 36.9 Å². The van der Waals surface area contributed by atoms with Crippen LogP contribution in [0.2, 0.25) is 0 Å². The highest BCUT2D eigenvalue weighted by molar-refractivity contribution is 5.85. The number of rotatable bonds is 5. The van der Waals surface area contributed by atoms with Gasteiger partial charge in [0, 0.05) is 0 Å². The molecule has 0 aliphatic heterocycles. The molecule has 0 heterocycles. The quantitative estimate of drug-likeness (QED) is 0.878. The molecule has 7 heteroatoms. The smallest absolute Gasteiger partial charge is 0.348 e. The molecule has 0 aliphatic carbocycles. The van der Waals surface area contributed by atoms with Gasteiger partial charge in [-0.2, -0.15) is 13.2 Å². The van der Waals surface area contributed by atoms with Crippen molar-refractivity contribution in [2.75, 3.05) is 6.54 Å². The van der Waals surface area contributed by atoms with E-state index >= 15 is 0 Å². The van der Waals surface area contributed by atoms with Crippen LogP contribution in [0.4, 0.5) is 13.2 Å². The molecule has 0 bridgehead atoms. The van der Waals surface area contributed by atoms with E-state index in [0.29, 0.717) is 12.0 Å². The Kier molecular flexibility index (Phi) is 7.60. The zero-order valence-corrected chi connectivity index (χ0v) is 11.9.